The fourth-order valence-electron chi connectivity index (χ4n) is 0.512. The maximum atomic E-state index is 9.93. The van der Waals surface area contributed by atoms with Crippen LogP contribution in [0.5, 0.6) is 0 Å². The molecule has 0 saturated heterocycles. The topological polar surface area (TPSA) is 81.5 Å². The molecule has 0 aromatic carbocycles. The lowest BCUT2D eigenvalue weighted by atomic mass is 10.3. The molecule has 1 unspecified atom stereocenters. The molecule has 0 spiro atoms. The van der Waals surface area contributed by atoms with Crippen LogP contribution in [0.4, 0.5) is 0 Å². The second-order valence-corrected chi connectivity index (χ2v) is 2.64. The molecule has 4 N–H and O–H groups in total. The average molecular weight is 169 g/mol. The van der Waals surface area contributed by atoms with E-state index in [9.17, 15) is 4.57 Å². The lowest BCUT2D eigenvalue weighted by Gasteiger charge is -1.96. The summed E-state index contributed by atoms with van der Waals surface area (Å²) in [6, 6.07) is 0. The molecule has 0 bridgehead atoms. The molecule has 1 atom stereocenters. The zero-order valence-corrected chi connectivity index (χ0v) is 7.30. The van der Waals surface area contributed by atoms with Crippen molar-refractivity contribution in [1.82, 2.24) is 6.15 Å². The second kappa shape index (κ2) is 9.11. The van der Waals surface area contributed by atoms with Gasteiger partial charge < -0.3 is 15.6 Å². The summed E-state index contributed by atoms with van der Waals surface area (Å²) in [5, 5.41) is 0. The standard InChI is InChI=1S/C5H13O3P.H3N/c1-2-3-4-5-8-9(6)7;/h9H,2-5H2,1H3,(H,6,7);1H3. The van der Waals surface area contributed by atoms with E-state index in [0.29, 0.717) is 6.61 Å². The summed E-state index contributed by atoms with van der Waals surface area (Å²) >= 11 is 0. The highest BCUT2D eigenvalue weighted by molar-refractivity contribution is 7.32. The zero-order valence-electron chi connectivity index (χ0n) is 6.30. The molecule has 0 aliphatic heterocycles. The molecule has 0 radical (unpaired) electrons. The Hall–Kier alpha value is 0.110. The van der Waals surface area contributed by atoms with E-state index in [-0.39, 0.29) is 6.15 Å². The van der Waals surface area contributed by atoms with Gasteiger partial charge in [0.15, 0.2) is 0 Å². The molecule has 0 aromatic rings. The number of hydrogen-bond donors (Lipinski definition) is 2. The monoisotopic (exact) mass is 169 g/mol. The molecule has 0 amide bonds. The molecule has 10 heavy (non-hydrogen) atoms. The smallest absolute Gasteiger partial charge is 0.316 e. The van der Waals surface area contributed by atoms with Gasteiger partial charge in [0.1, 0.15) is 0 Å². The summed E-state index contributed by atoms with van der Waals surface area (Å²) in [6.45, 7) is 2.49. The Morgan fingerprint density at radius 3 is 2.50 bits per heavy atom. The van der Waals surface area contributed by atoms with Gasteiger partial charge in [-0.3, -0.25) is 4.57 Å². The van der Waals surface area contributed by atoms with Gasteiger partial charge in [-0.15, -0.1) is 0 Å². The van der Waals surface area contributed by atoms with E-state index < -0.39 is 8.25 Å². The van der Waals surface area contributed by atoms with Gasteiger partial charge in [0.25, 0.3) is 0 Å². The molecule has 5 heteroatoms. The van der Waals surface area contributed by atoms with Gasteiger partial charge in [0, 0.05) is 0 Å². The molecule has 4 nitrogen and oxygen atoms in total. The van der Waals surface area contributed by atoms with Crippen molar-refractivity contribution < 1.29 is 14.0 Å². The van der Waals surface area contributed by atoms with Crippen LogP contribution in [-0.2, 0) is 9.09 Å². The van der Waals surface area contributed by atoms with Crippen LogP contribution < -0.4 is 6.15 Å². The number of rotatable bonds is 5. The van der Waals surface area contributed by atoms with E-state index in [0.717, 1.165) is 19.3 Å². The van der Waals surface area contributed by atoms with Crippen molar-refractivity contribution in [3.8, 4) is 0 Å². The van der Waals surface area contributed by atoms with Crippen LogP contribution in [-0.4, -0.2) is 11.5 Å². The van der Waals surface area contributed by atoms with Crippen molar-refractivity contribution in [2.75, 3.05) is 6.61 Å². The van der Waals surface area contributed by atoms with Crippen LogP contribution in [0.15, 0.2) is 0 Å². The van der Waals surface area contributed by atoms with Gasteiger partial charge in [0.2, 0.25) is 0 Å². The van der Waals surface area contributed by atoms with E-state index in [4.69, 9.17) is 4.89 Å². The van der Waals surface area contributed by atoms with E-state index in [2.05, 4.69) is 11.4 Å². The molecule has 0 heterocycles. The predicted molar refractivity (Wildman–Crippen MR) is 41.7 cm³/mol. The summed E-state index contributed by atoms with van der Waals surface area (Å²) < 4.78 is 14.4. The third kappa shape index (κ3) is 11.0. The molecule has 0 aromatic heterocycles. The molecule has 0 saturated carbocycles. The van der Waals surface area contributed by atoms with Crippen molar-refractivity contribution >= 4 is 8.25 Å². The molecule has 0 aliphatic carbocycles. The first kappa shape index (κ1) is 12.8. The van der Waals surface area contributed by atoms with E-state index in [1.807, 2.05) is 0 Å². The summed E-state index contributed by atoms with van der Waals surface area (Å²) in [7, 11) is -2.67. The minimum absolute atomic E-state index is 0. The quantitative estimate of drug-likeness (QED) is 0.485. The summed E-state index contributed by atoms with van der Waals surface area (Å²) in [5.74, 6) is 0. The number of hydrogen-bond acceptors (Lipinski definition) is 3. The van der Waals surface area contributed by atoms with Gasteiger partial charge in [-0.05, 0) is 6.42 Å². The highest BCUT2D eigenvalue weighted by Gasteiger charge is 1.89. The van der Waals surface area contributed by atoms with Gasteiger partial charge in [0.05, 0.1) is 6.61 Å². The first-order valence-electron chi connectivity index (χ1n) is 3.13. The summed E-state index contributed by atoms with van der Waals surface area (Å²) in [6.07, 6.45) is 3.05. The van der Waals surface area contributed by atoms with Gasteiger partial charge in [-0.1, -0.05) is 19.8 Å². The van der Waals surface area contributed by atoms with E-state index >= 15 is 0 Å². The fourth-order valence-corrected chi connectivity index (χ4v) is 0.830. The van der Waals surface area contributed by atoms with Crippen LogP contribution in [0, 0.1) is 0 Å². The van der Waals surface area contributed by atoms with Crippen LogP contribution in [0.2, 0.25) is 0 Å². The van der Waals surface area contributed by atoms with E-state index in [1.165, 1.54) is 0 Å². The van der Waals surface area contributed by atoms with Gasteiger partial charge in [-0.25, -0.2) is 0 Å². The summed E-state index contributed by atoms with van der Waals surface area (Å²) in [5.41, 5.74) is 0. The van der Waals surface area contributed by atoms with Gasteiger partial charge in [-0.2, -0.15) is 0 Å². The van der Waals surface area contributed by atoms with Crippen molar-refractivity contribution in [2.45, 2.75) is 26.2 Å². The van der Waals surface area contributed by atoms with Crippen molar-refractivity contribution in [2.24, 2.45) is 0 Å². The van der Waals surface area contributed by atoms with Crippen LogP contribution >= 0.6 is 8.25 Å². The van der Waals surface area contributed by atoms with E-state index in [1.54, 1.807) is 0 Å². The lowest BCUT2D eigenvalue weighted by Crippen LogP contribution is -1.84. The molecular weight excluding hydrogens is 153 g/mol. The third-order valence-corrected chi connectivity index (χ3v) is 1.42. The minimum atomic E-state index is -2.67. The van der Waals surface area contributed by atoms with Crippen LogP contribution in [0.1, 0.15) is 26.2 Å². The second-order valence-electron chi connectivity index (χ2n) is 1.82. The molecule has 0 aliphatic rings. The van der Waals surface area contributed by atoms with Gasteiger partial charge >= 0.3 is 8.25 Å². The van der Waals surface area contributed by atoms with Crippen molar-refractivity contribution in [3.05, 3.63) is 0 Å². The zero-order chi connectivity index (χ0) is 7.11. The first-order valence-corrected chi connectivity index (χ1v) is 4.39. The Morgan fingerprint density at radius 1 is 1.50 bits per heavy atom. The largest absolute Gasteiger partial charge is 0.344 e. The maximum absolute atomic E-state index is 9.93. The highest BCUT2D eigenvalue weighted by atomic mass is 31.1. The molecule has 0 fully saturated rings. The summed E-state index contributed by atoms with van der Waals surface area (Å²) in [4.78, 5) is 8.18. The molecule has 0 rings (SSSR count). The Labute approximate surface area is 62.1 Å². The van der Waals surface area contributed by atoms with Crippen molar-refractivity contribution in [3.63, 3.8) is 0 Å². The average Bonchev–Trinajstić information content (AvgIpc) is 1.80. The maximum Gasteiger partial charge on any atom is 0.316 e. The SMILES string of the molecule is CCCCCO[PH](=O)O.N. The Kier molecular flexibility index (Phi) is 11.6. The Morgan fingerprint density at radius 2 is 2.10 bits per heavy atom. The minimum Gasteiger partial charge on any atom is -0.344 e. The van der Waals surface area contributed by atoms with Crippen LogP contribution in [0.25, 0.3) is 0 Å². The Bertz CT molecular complexity index is 89.0. The first-order chi connectivity index (χ1) is 4.27. The third-order valence-electron chi connectivity index (χ3n) is 0.973. The molecule has 64 valence electrons. The van der Waals surface area contributed by atoms with Crippen molar-refractivity contribution in [1.29, 1.82) is 0 Å². The Balaban J connectivity index is 0. The molecular formula is C5H16NO3P. The predicted octanol–water partition coefficient (Wildman–Crippen LogP) is 1.74. The van der Waals surface area contributed by atoms with Crippen LogP contribution in [0.3, 0.4) is 0 Å². The fraction of sp³-hybridized carbons (Fsp3) is 1.00. The normalized spacial score (nSPS) is 12.2. The number of unbranched alkanes of at least 4 members (excludes halogenated alkanes) is 2. The lowest BCUT2D eigenvalue weighted by molar-refractivity contribution is 0.274. The highest BCUT2D eigenvalue weighted by Crippen LogP contribution is 2.14.